The average Bonchev–Trinajstić information content (AvgIpc) is 3.73. The minimum absolute atomic E-state index is 0.00659. The molecule has 4 heterocycles. The molecule has 4 aliphatic heterocycles. The maximum Gasteiger partial charge on any atom is 0.201 e. The van der Waals surface area contributed by atoms with Gasteiger partial charge in [-0.25, -0.2) is 4.99 Å². The van der Waals surface area contributed by atoms with Gasteiger partial charge >= 0.3 is 0 Å². The normalized spacial score (nSPS) is 33.9. The number of benzene rings is 2. The van der Waals surface area contributed by atoms with Gasteiger partial charge in [-0.3, -0.25) is 10.1 Å². The molecule has 10 rings (SSSR count). The van der Waals surface area contributed by atoms with E-state index in [0.29, 0.717) is 54.5 Å². The Morgan fingerprint density at radius 3 is 2.67 bits per heavy atom. The number of ether oxygens (including phenoxy) is 4. The number of nitrogens with one attached hydrogen (secondary N) is 2. The summed E-state index contributed by atoms with van der Waals surface area (Å²) in [7, 11) is 6.72. The van der Waals surface area contributed by atoms with Gasteiger partial charge in [0.25, 0.3) is 0 Å². The first kappa shape index (κ1) is 49.9. The van der Waals surface area contributed by atoms with Gasteiger partial charge < -0.3 is 50.4 Å². The van der Waals surface area contributed by atoms with Gasteiger partial charge in [0.15, 0.2) is 29.0 Å². The average molecular weight is 983 g/mol. The SMILES string of the molecule is COc1c(O)ccc2c1C#CCc1cc(c3c4c1OCN[C@@]15CCCC[C@H]1C[C@@H]([C@@H](CO)OC)[C@H]1C=C[C@]5(C#C[C@@H]5NC(N)=N[C@H](C(C)C)CSSC[C@H]5[C@H](C3)[C@@H](O)O4)C1)CC[C@@H](O)CC(=O)CC2. The van der Waals surface area contributed by atoms with Crippen molar-refractivity contribution in [3.05, 3.63) is 58.2 Å². The van der Waals surface area contributed by atoms with Crippen LogP contribution in [-0.2, 0) is 35.2 Å². The number of fused-ring (bicyclic) bond motifs is 7. The molecule has 8 N–H and O–H groups in total. The Morgan fingerprint density at radius 2 is 1.87 bits per heavy atom. The molecule has 372 valence electrons. The van der Waals surface area contributed by atoms with E-state index in [1.165, 1.54) is 7.11 Å². The third-order valence-electron chi connectivity index (χ3n) is 16.5. The van der Waals surface area contributed by atoms with E-state index in [2.05, 4.69) is 66.4 Å². The Morgan fingerprint density at radius 1 is 1.03 bits per heavy atom. The van der Waals surface area contributed by atoms with Crippen LogP contribution < -0.4 is 30.6 Å². The topological polar surface area (TPSA) is 197 Å². The van der Waals surface area contributed by atoms with Crippen molar-refractivity contribution in [3.8, 4) is 46.7 Å². The lowest BCUT2D eigenvalue weighted by molar-refractivity contribution is -0.121. The molecular formula is C54H70N4O9S2. The maximum absolute atomic E-state index is 13.3. The Balaban J connectivity index is 1.22. The molecule has 69 heavy (non-hydrogen) atoms. The fraction of sp³-hybridized carbons (Fsp3) is 0.630. The highest BCUT2D eigenvalue weighted by Gasteiger charge is 2.60. The molecule has 2 aromatic rings. The van der Waals surface area contributed by atoms with E-state index in [0.717, 1.165) is 66.5 Å². The number of aliphatic hydroxyl groups excluding tert-OH is 3. The van der Waals surface area contributed by atoms with Crippen LogP contribution in [0.4, 0.5) is 0 Å². The van der Waals surface area contributed by atoms with Crippen LogP contribution in [-0.4, -0.2) is 107 Å². The molecule has 2 fully saturated rings. The largest absolute Gasteiger partial charge is 0.504 e. The van der Waals surface area contributed by atoms with Gasteiger partial charge in [0.1, 0.15) is 12.5 Å². The highest BCUT2D eigenvalue weighted by Crippen LogP contribution is 2.60. The van der Waals surface area contributed by atoms with Crippen LogP contribution in [0.3, 0.4) is 0 Å². The van der Waals surface area contributed by atoms with E-state index >= 15 is 0 Å². The molecule has 8 bridgehead atoms. The highest BCUT2D eigenvalue weighted by molar-refractivity contribution is 8.76. The van der Waals surface area contributed by atoms with E-state index in [1.807, 2.05) is 0 Å². The molecule has 12 atom stereocenters. The van der Waals surface area contributed by atoms with Gasteiger partial charge in [-0.05, 0) is 92.2 Å². The zero-order valence-electron chi connectivity index (χ0n) is 40.4. The number of ketones is 1. The Bertz CT molecular complexity index is 2420. The summed E-state index contributed by atoms with van der Waals surface area (Å²) < 4.78 is 25.5. The Kier molecular flexibility index (Phi) is 15.4. The fourth-order valence-corrected chi connectivity index (χ4v) is 15.5. The molecule has 0 saturated heterocycles. The van der Waals surface area contributed by atoms with Crippen LogP contribution in [0.5, 0.6) is 23.0 Å². The summed E-state index contributed by atoms with van der Waals surface area (Å²) in [6.45, 7) is 4.38. The number of phenols is 1. The van der Waals surface area contributed by atoms with Crippen molar-refractivity contribution < 1.29 is 44.2 Å². The number of nitrogens with two attached hydrogens (primary N) is 1. The third kappa shape index (κ3) is 9.96. The zero-order chi connectivity index (χ0) is 48.5. The number of hydrogen-bond donors (Lipinski definition) is 7. The minimum Gasteiger partial charge on any atom is -0.504 e. The van der Waals surface area contributed by atoms with E-state index in [4.69, 9.17) is 29.7 Å². The summed E-state index contributed by atoms with van der Waals surface area (Å²) in [4.78, 5) is 18.4. The first-order valence-electron chi connectivity index (χ1n) is 25.0. The molecule has 0 unspecified atom stereocenters. The van der Waals surface area contributed by atoms with Crippen LogP contribution in [0.1, 0.15) is 99.5 Å². The van der Waals surface area contributed by atoms with Gasteiger partial charge in [0.2, 0.25) is 6.29 Å². The monoisotopic (exact) mass is 982 g/mol. The molecule has 2 saturated carbocycles. The maximum atomic E-state index is 13.3. The van der Waals surface area contributed by atoms with Crippen molar-refractivity contribution >= 4 is 33.3 Å². The number of aromatic hydroxyl groups is 1. The number of phenolic OH excluding ortho intramolecular Hbond substituents is 1. The first-order valence-corrected chi connectivity index (χ1v) is 27.5. The summed E-state index contributed by atoms with van der Waals surface area (Å²) in [6.07, 6.45) is 9.85. The number of allylic oxidation sites excluding steroid dienone is 1. The first-order chi connectivity index (χ1) is 33.4. The van der Waals surface area contributed by atoms with E-state index in [-0.39, 0.29) is 91.6 Å². The molecule has 13 nitrogen and oxygen atoms in total. The van der Waals surface area contributed by atoms with Gasteiger partial charge in [-0.2, -0.15) is 0 Å². The predicted octanol–water partition coefficient (Wildman–Crippen LogP) is 5.83. The van der Waals surface area contributed by atoms with Crippen molar-refractivity contribution in [2.24, 2.45) is 51.6 Å². The predicted molar refractivity (Wildman–Crippen MR) is 270 cm³/mol. The number of guanidine groups is 1. The minimum atomic E-state index is -1.24. The smallest absolute Gasteiger partial charge is 0.201 e. The van der Waals surface area contributed by atoms with Gasteiger partial charge in [-0.15, -0.1) is 0 Å². The Labute approximate surface area is 415 Å². The number of aryl methyl sites for hydroxylation is 2. The second-order valence-corrected chi connectivity index (χ2v) is 23.2. The molecule has 0 radical (unpaired) electrons. The molecular weight excluding hydrogens is 913 g/mol. The Hall–Kier alpha value is -4.06. The van der Waals surface area contributed by atoms with Crippen LogP contribution >= 0.6 is 21.6 Å². The second-order valence-electron chi connectivity index (χ2n) is 20.7. The fourth-order valence-electron chi connectivity index (χ4n) is 12.7. The number of carbonyl (C=O) groups is 1. The molecule has 2 aromatic carbocycles. The number of methoxy groups -OCH3 is 2. The highest BCUT2D eigenvalue weighted by atomic mass is 33.1. The zero-order valence-corrected chi connectivity index (χ0v) is 42.1. The number of aliphatic hydroxyl groups is 3. The molecule has 0 amide bonds. The number of nitrogens with zero attached hydrogens (tertiary/aromatic N) is 1. The van der Waals surface area contributed by atoms with E-state index < -0.39 is 35.3 Å². The molecule has 8 aliphatic rings. The second kappa shape index (κ2) is 21.3. The number of rotatable bonds is 5. The standard InChI is InChI=1S/C54H70N4O9S2/c1-31(2)45-29-69-68-28-43-42-25-41-33-12-15-38(61)24-37(60)14-11-32-13-16-46(62)49(65-4)39(32)10-7-8-34(22-33)48(50(41)67-51(42)63)66-30-56-54-19-6-5-9-36(54)23-40(47(27-59)64-3)35-17-20-53(54,26-35)21-18-44(43)57-52(55)58-45/h13,16-17,20,22,31,35-36,38,40,42-45,47,51,56,59,61-63H,5-6,8-9,11-12,14-15,19,23-30H2,1-4H3,(H3,55,57,58)/t35-,36-,38+,40+,42-,43-,44-,45-,47+,51-,53-,54-/m0/s1. The molecule has 2 spiro atoms. The van der Waals surface area contributed by atoms with Crippen LogP contribution in [0, 0.1) is 64.6 Å². The van der Waals surface area contributed by atoms with Crippen molar-refractivity contribution in [3.63, 3.8) is 0 Å². The molecule has 4 aliphatic carbocycles. The number of aliphatic imine (C=N–C) groups is 1. The summed E-state index contributed by atoms with van der Waals surface area (Å²) >= 11 is 0. The number of Topliss-reactive ketones (excluding diaryl/α,β-unsaturated/α-hetero) is 1. The van der Waals surface area contributed by atoms with E-state index in [9.17, 15) is 25.2 Å². The lowest BCUT2D eigenvalue weighted by atomic mass is 9.57. The summed E-state index contributed by atoms with van der Waals surface area (Å²) in [5, 5.41) is 53.0. The van der Waals surface area contributed by atoms with Crippen LogP contribution in [0.25, 0.3) is 0 Å². The summed E-state index contributed by atoms with van der Waals surface area (Å²) in [5.74, 6) is 17.3. The molecule has 15 heteroatoms. The van der Waals surface area contributed by atoms with Gasteiger partial charge in [-0.1, -0.05) is 96.2 Å². The van der Waals surface area contributed by atoms with Crippen molar-refractivity contribution in [1.29, 1.82) is 0 Å². The molecule has 0 aromatic heterocycles. The van der Waals surface area contributed by atoms with Crippen molar-refractivity contribution in [2.45, 2.75) is 133 Å². The lowest BCUT2D eigenvalue weighted by Crippen LogP contribution is -2.63. The third-order valence-corrected chi connectivity index (χ3v) is 19.0. The number of hydrogen-bond acceptors (Lipinski definition) is 15. The van der Waals surface area contributed by atoms with Crippen LogP contribution in [0.15, 0.2) is 35.3 Å². The van der Waals surface area contributed by atoms with Crippen molar-refractivity contribution in [2.75, 3.05) is 39.1 Å². The van der Waals surface area contributed by atoms with Crippen LogP contribution in [0.2, 0.25) is 0 Å². The lowest BCUT2D eigenvalue weighted by Gasteiger charge is -2.53. The summed E-state index contributed by atoms with van der Waals surface area (Å²) in [6, 6.07) is 4.93. The van der Waals surface area contributed by atoms with Gasteiger partial charge in [0, 0.05) is 66.4 Å². The quantitative estimate of drug-likeness (QED) is 0.107. The van der Waals surface area contributed by atoms with Gasteiger partial charge in [0.05, 0.1) is 49.0 Å². The number of carbonyl (C=O) groups excluding carboxylic acids is 1. The van der Waals surface area contributed by atoms with Crippen molar-refractivity contribution in [1.82, 2.24) is 10.6 Å². The summed E-state index contributed by atoms with van der Waals surface area (Å²) in [5.41, 5.74) is 9.60. The van der Waals surface area contributed by atoms with E-state index in [1.54, 1.807) is 40.8 Å².